The molecule has 0 bridgehead atoms. The molecule has 8 heteroatoms. The molecular weight excluding hydrogens is 583 g/mol. The fraction of sp³-hybridized carbons (Fsp3) is 0.371. The number of rotatable bonds is 4. The van der Waals surface area contributed by atoms with Gasteiger partial charge >= 0.3 is 0 Å². The lowest BCUT2D eigenvalue weighted by Gasteiger charge is -2.37. The molecule has 2 aliphatic rings. The van der Waals surface area contributed by atoms with Gasteiger partial charge in [-0.2, -0.15) is 0 Å². The van der Waals surface area contributed by atoms with Crippen LogP contribution in [0.15, 0.2) is 59.4 Å². The molecular formula is C35H36Cl2N2O4. The topological polar surface area (TPSA) is 96.4 Å². The molecule has 43 heavy (non-hydrogen) atoms. The van der Waals surface area contributed by atoms with Gasteiger partial charge in [0.2, 0.25) is 5.91 Å². The number of aryl methyl sites for hydroxylation is 1. The highest BCUT2D eigenvalue weighted by Gasteiger charge is 2.44. The zero-order valence-electron chi connectivity index (χ0n) is 25.5. The van der Waals surface area contributed by atoms with Crippen molar-refractivity contribution >= 4 is 57.3 Å². The number of hydrogen-bond donors (Lipinski definition) is 2. The van der Waals surface area contributed by atoms with Gasteiger partial charge in [0.15, 0.2) is 11.6 Å². The molecule has 0 saturated carbocycles. The van der Waals surface area contributed by atoms with Gasteiger partial charge in [-0.3, -0.25) is 14.4 Å². The molecule has 2 N–H and O–H groups in total. The van der Waals surface area contributed by atoms with Gasteiger partial charge in [0.25, 0.3) is 0 Å². The van der Waals surface area contributed by atoms with E-state index in [4.69, 9.17) is 28.2 Å². The monoisotopic (exact) mass is 618 g/mol. The van der Waals surface area contributed by atoms with E-state index < -0.39 is 11.7 Å². The normalized spacial score (nSPS) is 19.1. The van der Waals surface area contributed by atoms with Crippen molar-refractivity contribution in [1.29, 1.82) is 0 Å². The van der Waals surface area contributed by atoms with Crippen LogP contribution in [-0.4, -0.2) is 27.6 Å². The van der Waals surface area contributed by atoms with Crippen molar-refractivity contribution in [2.24, 2.45) is 16.7 Å². The Bertz CT molecular complexity index is 1770. The number of nitrogens with zero attached hydrogens (tertiary/aromatic N) is 1. The van der Waals surface area contributed by atoms with Gasteiger partial charge in [0, 0.05) is 28.9 Å². The number of Topliss-reactive ketones (excluding diaryl/α,β-unsaturated/α-hetero) is 2. The number of carbonyl (C=O) groups is 3. The van der Waals surface area contributed by atoms with E-state index in [9.17, 15) is 19.5 Å². The molecule has 0 radical (unpaired) electrons. The molecule has 0 fully saturated rings. The minimum Gasteiger partial charge on any atom is -0.512 e. The number of carbonyl (C=O) groups excluding carboxylic acids is 3. The van der Waals surface area contributed by atoms with Gasteiger partial charge in [-0.25, -0.2) is 4.98 Å². The van der Waals surface area contributed by atoms with Gasteiger partial charge in [-0.15, -0.1) is 0 Å². The Morgan fingerprint density at radius 3 is 2.35 bits per heavy atom. The Kier molecular flexibility index (Phi) is 7.85. The molecule has 1 heterocycles. The molecule has 0 saturated heterocycles. The maximum absolute atomic E-state index is 13.5. The Hall–Kier alpha value is -3.48. The molecule has 2 aliphatic carbocycles. The summed E-state index contributed by atoms with van der Waals surface area (Å²) in [7, 11) is 0. The summed E-state index contributed by atoms with van der Waals surface area (Å²) in [6, 6.07) is 10.5. The van der Waals surface area contributed by atoms with Gasteiger partial charge in [-0.05, 0) is 53.5 Å². The average molecular weight is 620 g/mol. The SMILES string of the molecule is Cc1cc(Cl)c(Cl)c2c1C(=O)C(c1ccc3cccc(NC(=O)CC4=CC(C(C)(C)C)=C(O)C(C(C)(C)C)C4)c3n1)C2=O. The second kappa shape index (κ2) is 10.9. The number of allylic oxidation sites excluding steroid dienone is 3. The van der Waals surface area contributed by atoms with Crippen LogP contribution in [-0.2, 0) is 4.79 Å². The van der Waals surface area contributed by atoms with E-state index in [1.54, 1.807) is 31.2 Å². The van der Waals surface area contributed by atoms with Crippen LogP contribution in [0.2, 0.25) is 10.0 Å². The van der Waals surface area contributed by atoms with Crippen LogP contribution < -0.4 is 5.32 Å². The van der Waals surface area contributed by atoms with Crippen LogP contribution in [0.25, 0.3) is 10.9 Å². The zero-order chi connectivity index (χ0) is 31.6. The first-order chi connectivity index (χ1) is 20.0. The summed E-state index contributed by atoms with van der Waals surface area (Å²) >= 11 is 12.6. The smallest absolute Gasteiger partial charge is 0.228 e. The third kappa shape index (κ3) is 5.63. The van der Waals surface area contributed by atoms with Crippen LogP contribution in [0.4, 0.5) is 5.69 Å². The summed E-state index contributed by atoms with van der Waals surface area (Å²) in [5.74, 6) is -1.87. The second-order valence-corrected chi connectivity index (χ2v) is 14.5. The number of halogens is 2. The van der Waals surface area contributed by atoms with E-state index in [0.717, 1.165) is 16.5 Å². The van der Waals surface area contributed by atoms with E-state index in [2.05, 4.69) is 46.9 Å². The van der Waals surface area contributed by atoms with Gasteiger partial charge in [-0.1, -0.05) is 94.6 Å². The average Bonchev–Trinajstić information content (AvgIpc) is 3.17. The summed E-state index contributed by atoms with van der Waals surface area (Å²) in [6.45, 7) is 14.2. The van der Waals surface area contributed by atoms with Crippen molar-refractivity contribution in [1.82, 2.24) is 4.98 Å². The van der Waals surface area contributed by atoms with Gasteiger partial charge < -0.3 is 10.4 Å². The maximum atomic E-state index is 13.5. The molecule has 5 rings (SSSR count). The van der Waals surface area contributed by atoms with Crippen LogP contribution in [0.1, 0.15) is 92.3 Å². The van der Waals surface area contributed by atoms with Crippen LogP contribution in [0, 0.1) is 23.7 Å². The number of para-hydroxylation sites is 1. The number of pyridine rings is 1. The Balaban J connectivity index is 1.45. The maximum Gasteiger partial charge on any atom is 0.228 e. The lowest BCUT2D eigenvalue weighted by Crippen LogP contribution is -2.29. The van der Waals surface area contributed by atoms with Crippen LogP contribution >= 0.6 is 23.2 Å². The third-order valence-electron chi connectivity index (χ3n) is 8.41. The third-order valence-corrected chi connectivity index (χ3v) is 9.19. The quantitative estimate of drug-likeness (QED) is 0.284. The highest BCUT2D eigenvalue weighted by Crippen LogP contribution is 2.46. The van der Waals surface area contributed by atoms with Gasteiger partial charge in [0.1, 0.15) is 5.92 Å². The zero-order valence-corrected chi connectivity index (χ0v) is 27.0. The van der Waals surface area contributed by atoms with E-state index >= 15 is 0 Å². The first-order valence-corrected chi connectivity index (χ1v) is 15.1. The molecule has 2 aromatic carbocycles. The fourth-order valence-electron chi connectivity index (χ4n) is 6.13. The molecule has 2 atom stereocenters. The molecule has 6 nitrogen and oxygen atoms in total. The Morgan fingerprint density at radius 2 is 1.70 bits per heavy atom. The van der Waals surface area contributed by atoms with Gasteiger partial charge in [0.05, 0.1) is 32.7 Å². The number of aliphatic hydroxyl groups excluding tert-OH is 1. The van der Waals surface area contributed by atoms with E-state index in [1.807, 2.05) is 18.2 Å². The lowest BCUT2D eigenvalue weighted by molar-refractivity contribution is -0.115. The molecule has 2 unspecified atom stereocenters. The summed E-state index contributed by atoms with van der Waals surface area (Å²) in [4.78, 5) is 45.1. The number of nitrogens with one attached hydrogen (secondary N) is 1. The number of benzene rings is 2. The first-order valence-electron chi connectivity index (χ1n) is 14.4. The highest BCUT2D eigenvalue weighted by atomic mass is 35.5. The first kappa shape index (κ1) is 31.0. The summed E-state index contributed by atoms with van der Waals surface area (Å²) in [6.07, 6.45) is 2.70. The van der Waals surface area contributed by atoms with E-state index in [-0.39, 0.29) is 61.7 Å². The minimum atomic E-state index is -1.14. The number of fused-ring (bicyclic) bond motifs is 2. The number of anilines is 1. The van der Waals surface area contributed by atoms with Crippen LogP contribution in [0.3, 0.4) is 0 Å². The van der Waals surface area contributed by atoms with Crippen molar-refractivity contribution in [3.05, 3.63) is 91.8 Å². The number of ketones is 2. The Labute approximate surface area is 262 Å². The number of hydrogen-bond acceptors (Lipinski definition) is 5. The van der Waals surface area contributed by atoms with E-state index in [1.165, 1.54) is 0 Å². The lowest BCUT2D eigenvalue weighted by atomic mass is 9.68. The minimum absolute atomic E-state index is 0.0698. The molecule has 0 spiro atoms. The summed E-state index contributed by atoms with van der Waals surface area (Å²) in [5, 5.41) is 15.2. The van der Waals surface area contributed by atoms with Crippen molar-refractivity contribution in [2.45, 2.75) is 67.2 Å². The Morgan fingerprint density at radius 1 is 1.02 bits per heavy atom. The molecule has 1 aromatic heterocycles. The van der Waals surface area contributed by atoms with Crippen molar-refractivity contribution in [3.8, 4) is 0 Å². The number of aromatic nitrogens is 1. The standard InChI is InChI=1S/C35H36Cl2N2O4/c1-17-13-22(36)29(37)28-26(17)32(42)27(33(28)43)23-12-11-19-9-8-10-24(30(19)39-23)38-25(40)16-18-14-20(34(2,3)4)31(41)21(15-18)35(5,6)7/h8-14,21,27,41H,15-16H2,1-7H3,(H,38,40). The summed E-state index contributed by atoms with van der Waals surface area (Å²) in [5.41, 5.74) is 3.56. The number of aliphatic hydroxyl groups is 1. The molecule has 3 aromatic rings. The molecule has 224 valence electrons. The van der Waals surface area contributed by atoms with Crippen molar-refractivity contribution < 1.29 is 19.5 Å². The van der Waals surface area contributed by atoms with Crippen molar-refractivity contribution in [2.75, 3.05) is 5.32 Å². The van der Waals surface area contributed by atoms with E-state index in [0.29, 0.717) is 28.9 Å². The number of amides is 1. The predicted octanol–water partition coefficient (Wildman–Crippen LogP) is 9.19. The predicted molar refractivity (Wildman–Crippen MR) is 172 cm³/mol. The molecule has 1 amide bonds. The largest absolute Gasteiger partial charge is 0.512 e. The fourth-order valence-corrected chi connectivity index (χ4v) is 6.63. The molecule has 0 aliphatic heterocycles. The second-order valence-electron chi connectivity index (χ2n) is 13.7. The van der Waals surface area contributed by atoms with Crippen LogP contribution in [0.5, 0.6) is 0 Å². The highest BCUT2D eigenvalue weighted by molar-refractivity contribution is 6.47. The summed E-state index contributed by atoms with van der Waals surface area (Å²) < 4.78 is 0. The van der Waals surface area contributed by atoms with Crippen molar-refractivity contribution in [3.63, 3.8) is 0 Å².